The van der Waals surface area contributed by atoms with Crippen molar-refractivity contribution in [2.75, 3.05) is 5.73 Å². The van der Waals surface area contributed by atoms with Crippen molar-refractivity contribution >= 4 is 24.0 Å². The highest BCUT2D eigenvalue weighted by atomic mass is 16.2. The summed E-state index contributed by atoms with van der Waals surface area (Å²) in [6.07, 6.45) is 3.44. The molecule has 27 heavy (non-hydrogen) atoms. The summed E-state index contributed by atoms with van der Waals surface area (Å²) < 4.78 is 0. The first kappa shape index (κ1) is 18.1. The second-order valence-electron chi connectivity index (χ2n) is 5.94. The van der Waals surface area contributed by atoms with Gasteiger partial charge in [0.1, 0.15) is 0 Å². The van der Waals surface area contributed by atoms with Crippen LogP contribution >= 0.6 is 0 Å². The zero-order valence-electron chi connectivity index (χ0n) is 14.7. The Hall–Kier alpha value is -3.73. The maximum Gasteiger partial charge on any atom is 0.271 e. The highest BCUT2D eigenvalue weighted by Gasteiger charge is 2.02. The van der Waals surface area contributed by atoms with Crippen molar-refractivity contribution in [3.8, 4) is 0 Å². The molecule has 0 aromatic heterocycles. The van der Waals surface area contributed by atoms with E-state index in [2.05, 4.69) is 27.7 Å². The summed E-state index contributed by atoms with van der Waals surface area (Å²) >= 11 is 0. The van der Waals surface area contributed by atoms with Crippen LogP contribution in [0.5, 0.6) is 0 Å². The number of aliphatic imine (C=N–C) groups is 1. The molecule has 0 saturated carbocycles. The minimum atomic E-state index is -0.282. The molecular formula is C22H20N4O. The summed E-state index contributed by atoms with van der Waals surface area (Å²) in [5.41, 5.74) is 12.3. The van der Waals surface area contributed by atoms with Gasteiger partial charge in [0.05, 0.1) is 12.8 Å². The van der Waals surface area contributed by atoms with Gasteiger partial charge in [0.2, 0.25) is 0 Å². The number of carbonyl (C=O) groups is 1. The smallest absolute Gasteiger partial charge is 0.271 e. The number of rotatable bonds is 6. The number of carbonyl (C=O) groups excluding carboxylic acids is 1. The van der Waals surface area contributed by atoms with E-state index in [1.807, 2.05) is 48.7 Å². The van der Waals surface area contributed by atoms with Crippen molar-refractivity contribution in [3.63, 3.8) is 0 Å². The van der Waals surface area contributed by atoms with E-state index in [1.54, 1.807) is 30.5 Å². The summed E-state index contributed by atoms with van der Waals surface area (Å²) in [5, 5.41) is 3.98. The third-order valence-corrected chi connectivity index (χ3v) is 3.85. The van der Waals surface area contributed by atoms with Crippen LogP contribution in [0.2, 0.25) is 0 Å². The number of hydrogen-bond donors (Lipinski definition) is 2. The van der Waals surface area contributed by atoms with Crippen LogP contribution in [0.3, 0.4) is 0 Å². The molecule has 1 amide bonds. The Labute approximate surface area is 158 Å². The fraction of sp³-hybridized carbons (Fsp3) is 0.0455. The Morgan fingerprint density at radius 3 is 2.15 bits per heavy atom. The van der Waals surface area contributed by atoms with Crippen LogP contribution in [0.4, 0.5) is 5.69 Å². The van der Waals surface area contributed by atoms with Gasteiger partial charge in [-0.1, -0.05) is 54.6 Å². The molecule has 0 spiro atoms. The molecule has 3 N–H and O–H groups in total. The summed E-state index contributed by atoms with van der Waals surface area (Å²) in [4.78, 5) is 16.4. The van der Waals surface area contributed by atoms with E-state index in [-0.39, 0.29) is 5.91 Å². The molecule has 0 aliphatic carbocycles. The number of nitrogens with zero attached hydrogens (tertiary/aromatic N) is 2. The van der Waals surface area contributed by atoms with Crippen molar-refractivity contribution in [3.05, 3.63) is 101 Å². The van der Waals surface area contributed by atoms with Crippen LogP contribution in [0.25, 0.3) is 0 Å². The zero-order chi connectivity index (χ0) is 18.9. The molecule has 3 rings (SSSR count). The van der Waals surface area contributed by atoms with Crippen molar-refractivity contribution in [1.29, 1.82) is 0 Å². The van der Waals surface area contributed by atoms with Gasteiger partial charge in [-0.25, -0.2) is 5.43 Å². The molecule has 0 bridgehead atoms. The molecule has 3 aromatic carbocycles. The number of amides is 1. The topological polar surface area (TPSA) is 79.8 Å². The third-order valence-electron chi connectivity index (χ3n) is 3.85. The van der Waals surface area contributed by atoms with Crippen LogP contribution in [0.1, 0.15) is 27.0 Å². The van der Waals surface area contributed by atoms with Crippen LogP contribution in [0, 0.1) is 0 Å². The number of hydrogen-bond acceptors (Lipinski definition) is 4. The van der Waals surface area contributed by atoms with Gasteiger partial charge in [-0.15, -0.1) is 0 Å². The van der Waals surface area contributed by atoms with E-state index in [0.717, 1.165) is 11.1 Å². The summed E-state index contributed by atoms with van der Waals surface area (Å²) in [7, 11) is 0. The largest absolute Gasteiger partial charge is 0.399 e. The average molecular weight is 356 g/mol. The molecule has 0 aliphatic rings. The Balaban J connectivity index is 1.51. The molecule has 0 fully saturated rings. The number of nitrogens with one attached hydrogen (secondary N) is 1. The van der Waals surface area contributed by atoms with Gasteiger partial charge < -0.3 is 5.73 Å². The van der Waals surface area contributed by atoms with Crippen LogP contribution in [-0.2, 0) is 6.54 Å². The van der Waals surface area contributed by atoms with Crippen molar-refractivity contribution in [1.82, 2.24) is 5.43 Å². The lowest BCUT2D eigenvalue weighted by Gasteiger charge is -2.00. The van der Waals surface area contributed by atoms with Crippen LogP contribution < -0.4 is 11.2 Å². The highest BCUT2D eigenvalue weighted by Crippen LogP contribution is 2.05. The molecular weight excluding hydrogens is 336 g/mol. The minimum absolute atomic E-state index is 0.282. The molecule has 5 heteroatoms. The maximum atomic E-state index is 12.0. The standard InChI is InChI=1S/C22H20N4O/c23-21-12-10-20(11-13-21)22(27)26-25-16-19-8-6-18(7-9-19)15-24-14-17-4-2-1-3-5-17/h1-13,15-16H,14,23H2,(H,26,27). The Morgan fingerprint density at radius 2 is 1.48 bits per heavy atom. The number of anilines is 1. The second-order valence-corrected chi connectivity index (χ2v) is 5.94. The summed E-state index contributed by atoms with van der Waals surface area (Å²) in [6, 6.07) is 24.5. The van der Waals surface area contributed by atoms with Gasteiger partial charge in [0.25, 0.3) is 5.91 Å². The molecule has 0 heterocycles. The predicted octanol–water partition coefficient (Wildman–Crippen LogP) is 3.65. The Bertz CT molecular complexity index is 930. The minimum Gasteiger partial charge on any atom is -0.399 e. The second kappa shape index (κ2) is 9.10. The van der Waals surface area contributed by atoms with Crippen molar-refractivity contribution in [2.45, 2.75) is 6.54 Å². The number of benzene rings is 3. The van der Waals surface area contributed by atoms with Crippen molar-refractivity contribution in [2.24, 2.45) is 10.1 Å². The van der Waals surface area contributed by atoms with Gasteiger partial charge in [-0.2, -0.15) is 5.10 Å². The first-order chi connectivity index (χ1) is 13.2. The first-order valence-corrected chi connectivity index (χ1v) is 8.53. The highest BCUT2D eigenvalue weighted by molar-refractivity contribution is 5.95. The van der Waals surface area contributed by atoms with Gasteiger partial charge in [0.15, 0.2) is 0 Å². The number of nitrogen functional groups attached to an aromatic ring is 1. The van der Waals surface area contributed by atoms with Gasteiger partial charge in [0, 0.05) is 17.5 Å². The molecule has 0 unspecified atom stereocenters. The lowest BCUT2D eigenvalue weighted by Crippen LogP contribution is -2.17. The lowest BCUT2D eigenvalue weighted by atomic mass is 10.1. The zero-order valence-corrected chi connectivity index (χ0v) is 14.7. The Kier molecular flexibility index (Phi) is 6.09. The van der Waals surface area contributed by atoms with E-state index < -0.39 is 0 Å². The van der Waals surface area contributed by atoms with E-state index in [4.69, 9.17) is 5.73 Å². The molecule has 5 nitrogen and oxygen atoms in total. The molecule has 0 saturated heterocycles. The predicted molar refractivity (Wildman–Crippen MR) is 110 cm³/mol. The van der Waals surface area contributed by atoms with E-state index in [1.165, 1.54) is 5.56 Å². The van der Waals surface area contributed by atoms with Crippen LogP contribution in [-0.4, -0.2) is 18.3 Å². The van der Waals surface area contributed by atoms with E-state index in [0.29, 0.717) is 17.8 Å². The average Bonchev–Trinajstić information content (AvgIpc) is 2.70. The monoisotopic (exact) mass is 356 g/mol. The summed E-state index contributed by atoms with van der Waals surface area (Å²) in [5.74, 6) is -0.282. The fourth-order valence-corrected chi connectivity index (χ4v) is 2.37. The van der Waals surface area contributed by atoms with Gasteiger partial charge in [-0.05, 0) is 41.0 Å². The van der Waals surface area contributed by atoms with Gasteiger partial charge in [-0.3, -0.25) is 9.79 Å². The summed E-state index contributed by atoms with van der Waals surface area (Å²) in [6.45, 7) is 0.654. The molecule has 0 aliphatic heterocycles. The number of hydrazone groups is 1. The Morgan fingerprint density at radius 1 is 0.852 bits per heavy atom. The molecule has 0 atom stereocenters. The van der Waals surface area contributed by atoms with Crippen LogP contribution in [0.15, 0.2) is 89.0 Å². The first-order valence-electron chi connectivity index (χ1n) is 8.53. The molecule has 134 valence electrons. The SMILES string of the molecule is Nc1ccc(C(=O)NN=Cc2ccc(C=NCc3ccccc3)cc2)cc1. The van der Waals surface area contributed by atoms with E-state index >= 15 is 0 Å². The normalized spacial score (nSPS) is 11.1. The van der Waals surface area contributed by atoms with Crippen molar-refractivity contribution < 1.29 is 4.79 Å². The lowest BCUT2D eigenvalue weighted by molar-refractivity contribution is 0.0955. The molecule has 0 radical (unpaired) electrons. The quantitative estimate of drug-likeness (QED) is 0.402. The fourth-order valence-electron chi connectivity index (χ4n) is 2.37. The molecule has 3 aromatic rings. The van der Waals surface area contributed by atoms with E-state index in [9.17, 15) is 4.79 Å². The maximum absolute atomic E-state index is 12.0. The number of nitrogens with two attached hydrogens (primary N) is 1. The van der Waals surface area contributed by atoms with Gasteiger partial charge >= 0.3 is 0 Å². The third kappa shape index (κ3) is 5.64.